The molecule has 0 radical (unpaired) electrons. The van der Waals surface area contributed by atoms with Crippen molar-refractivity contribution in [2.45, 2.75) is 6.42 Å². The Labute approximate surface area is 93.4 Å². The van der Waals surface area contributed by atoms with Crippen molar-refractivity contribution in [3.63, 3.8) is 0 Å². The van der Waals surface area contributed by atoms with Crippen LogP contribution in [0, 0.1) is 0 Å². The average Bonchev–Trinajstić information content (AvgIpc) is 2.31. The Bertz CT molecular complexity index is 494. The summed E-state index contributed by atoms with van der Waals surface area (Å²) in [5, 5.41) is 9.02. The molecular weight excluding hydrogens is 202 g/mol. The van der Waals surface area contributed by atoms with Crippen LogP contribution in [-0.2, 0) is 6.42 Å². The van der Waals surface area contributed by atoms with E-state index in [1.54, 1.807) is 6.20 Å². The molecule has 0 atom stereocenters. The summed E-state index contributed by atoms with van der Waals surface area (Å²) < 4.78 is 0. The molecule has 3 heteroatoms. The molecule has 0 spiro atoms. The van der Waals surface area contributed by atoms with Gasteiger partial charge < -0.3 is 5.11 Å². The van der Waals surface area contributed by atoms with Crippen LogP contribution in [0.5, 0.6) is 0 Å². The number of pyridine rings is 1. The third-order valence-corrected chi connectivity index (χ3v) is 2.37. The highest BCUT2D eigenvalue weighted by Gasteiger charge is 2.09. The van der Waals surface area contributed by atoms with E-state index in [-0.39, 0.29) is 0 Å². The zero-order valence-electron chi connectivity index (χ0n) is 8.63. The molecule has 0 unspecified atom stereocenters. The molecule has 1 N–H and O–H groups in total. The predicted molar refractivity (Wildman–Crippen MR) is 60.4 cm³/mol. The highest BCUT2D eigenvalue weighted by molar-refractivity contribution is 5.89. The Hall–Kier alpha value is -2.16. The summed E-state index contributed by atoms with van der Waals surface area (Å²) in [7, 11) is 0. The molecule has 0 aliphatic rings. The highest BCUT2D eigenvalue weighted by Crippen LogP contribution is 2.12. The lowest BCUT2D eigenvalue weighted by molar-refractivity contribution is 0.0695. The Balaban J connectivity index is 2.31. The fourth-order valence-corrected chi connectivity index (χ4v) is 1.59. The quantitative estimate of drug-likeness (QED) is 0.851. The lowest BCUT2D eigenvalue weighted by Crippen LogP contribution is -2.03. The maximum atomic E-state index is 11.0. The van der Waals surface area contributed by atoms with E-state index in [1.807, 2.05) is 30.3 Å². The van der Waals surface area contributed by atoms with Crippen molar-refractivity contribution in [1.29, 1.82) is 0 Å². The normalized spacial score (nSPS) is 10.0. The van der Waals surface area contributed by atoms with Crippen LogP contribution in [0.3, 0.4) is 0 Å². The Morgan fingerprint density at radius 2 is 1.94 bits per heavy atom. The SMILES string of the molecule is O=C(O)c1ccncc1Cc1ccccc1. The number of nitrogens with zero attached hydrogens (tertiary/aromatic N) is 1. The molecule has 0 aliphatic heterocycles. The van der Waals surface area contributed by atoms with E-state index < -0.39 is 5.97 Å². The molecule has 2 rings (SSSR count). The number of rotatable bonds is 3. The topological polar surface area (TPSA) is 50.2 Å². The number of carboxylic acid groups (broad SMARTS) is 1. The summed E-state index contributed by atoms with van der Waals surface area (Å²) in [6.45, 7) is 0. The molecule has 0 saturated heterocycles. The number of carboxylic acids is 1. The van der Waals surface area contributed by atoms with Crippen LogP contribution in [0.25, 0.3) is 0 Å². The van der Waals surface area contributed by atoms with Gasteiger partial charge in [0.05, 0.1) is 5.56 Å². The zero-order valence-corrected chi connectivity index (χ0v) is 8.63. The van der Waals surface area contributed by atoms with Crippen LogP contribution in [0.15, 0.2) is 48.8 Å². The zero-order chi connectivity index (χ0) is 11.4. The molecular formula is C13H11NO2. The molecule has 2 aromatic rings. The second-order valence-electron chi connectivity index (χ2n) is 3.50. The van der Waals surface area contributed by atoms with Gasteiger partial charge in [0, 0.05) is 12.4 Å². The Morgan fingerprint density at radius 1 is 1.19 bits per heavy atom. The summed E-state index contributed by atoms with van der Waals surface area (Å²) in [6.07, 6.45) is 3.70. The Kier molecular flexibility index (Phi) is 2.96. The molecule has 80 valence electrons. The molecule has 3 nitrogen and oxygen atoms in total. The van der Waals surface area contributed by atoms with Gasteiger partial charge in [-0.15, -0.1) is 0 Å². The van der Waals surface area contributed by atoms with E-state index in [0.29, 0.717) is 12.0 Å². The molecule has 0 aliphatic carbocycles. The number of aromatic carboxylic acids is 1. The van der Waals surface area contributed by atoms with Crippen molar-refractivity contribution in [1.82, 2.24) is 4.98 Å². The lowest BCUT2D eigenvalue weighted by atomic mass is 10.0. The summed E-state index contributed by atoms with van der Waals surface area (Å²) in [5.41, 5.74) is 2.14. The van der Waals surface area contributed by atoms with Crippen molar-refractivity contribution >= 4 is 5.97 Å². The largest absolute Gasteiger partial charge is 0.478 e. The predicted octanol–water partition coefficient (Wildman–Crippen LogP) is 2.37. The van der Waals surface area contributed by atoms with Crippen molar-refractivity contribution in [3.05, 3.63) is 65.5 Å². The van der Waals surface area contributed by atoms with Gasteiger partial charge in [0.2, 0.25) is 0 Å². The summed E-state index contributed by atoms with van der Waals surface area (Å²) in [4.78, 5) is 14.9. The van der Waals surface area contributed by atoms with E-state index in [2.05, 4.69) is 4.98 Å². The van der Waals surface area contributed by atoms with E-state index in [4.69, 9.17) is 5.11 Å². The van der Waals surface area contributed by atoms with Gasteiger partial charge in [0.15, 0.2) is 0 Å². The minimum Gasteiger partial charge on any atom is -0.478 e. The van der Waals surface area contributed by atoms with Crippen LogP contribution in [0.2, 0.25) is 0 Å². The number of benzene rings is 1. The second kappa shape index (κ2) is 4.57. The molecule has 1 aromatic carbocycles. The van der Waals surface area contributed by atoms with Crippen LogP contribution < -0.4 is 0 Å². The number of hydrogen-bond donors (Lipinski definition) is 1. The molecule has 0 saturated carbocycles. The van der Waals surface area contributed by atoms with Crippen LogP contribution in [-0.4, -0.2) is 16.1 Å². The summed E-state index contributed by atoms with van der Waals surface area (Å²) >= 11 is 0. The van der Waals surface area contributed by atoms with E-state index in [9.17, 15) is 4.79 Å². The van der Waals surface area contributed by atoms with E-state index in [1.165, 1.54) is 12.3 Å². The number of carbonyl (C=O) groups is 1. The first-order valence-corrected chi connectivity index (χ1v) is 4.97. The molecule has 0 fully saturated rings. The van der Waals surface area contributed by atoms with Crippen LogP contribution >= 0.6 is 0 Å². The minimum atomic E-state index is -0.909. The summed E-state index contributed by atoms with van der Waals surface area (Å²) in [6, 6.07) is 11.3. The average molecular weight is 213 g/mol. The minimum absolute atomic E-state index is 0.318. The molecule has 1 aromatic heterocycles. The third-order valence-electron chi connectivity index (χ3n) is 2.37. The monoisotopic (exact) mass is 213 g/mol. The van der Waals surface area contributed by atoms with Crippen LogP contribution in [0.1, 0.15) is 21.5 Å². The number of hydrogen-bond acceptors (Lipinski definition) is 2. The fourth-order valence-electron chi connectivity index (χ4n) is 1.59. The van der Waals surface area contributed by atoms with Crippen molar-refractivity contribution in [3.8, 4) is 0 Å². The van der Waals surface area contributed by atoms with Crippen molar-refractivity contribution < 1.29 is 9.90 Å². The van der Waals surface area contributed by atoms with Crippen LogP contribution in [0.4, 0.5) is 0 Å². The van der Waals surface area contributed by atoms with E-state index in [0.717, 1.165) is 11.1 Å². The molecule has 0 amide bonds. The first-order valence-electron chi connectivity index (χ1n) is 4.97. The van der Waals surface area contributed by atoms with Gasteiger partial charge in [-0.25, -0.2) is 4.79 Å². The van der Waals surface area contributed by atoms with Crippen molar-refractivity contribution in [2.75, 3.05) is 0 Å². The first-order chi connectivity index (χ1) is 7.77. The van der Waals surface area contributed by atoms with Gasteiger partial charge in [-0.2, -0.15) is 0 Å². The second-order valence-corrected chi connectivity index (χ2v) is 3.50. The summed E-state index contributed by atoms with van der Waals surface area (Å²) in [5.74, 6) is -0.909. The maximum absolute atomic E-state index is 11.0. The molecule has 16 heavy (non-hydrogen) atoms. The van der Waals surface area contributed by atoms with Gasteiger partial charge in [-0.1, -0.05) is 30.3 Å². The fraction of sp³-hybridized carbons (Fsp3) is 0.0769. The third kappa shape index (κ3) is 2.25. The van der Waals surface area contributed by atoms with Gasteiger partial charge in [-0.3, -0.25) is 4.98 Å². The number of aromatic nitrogens is 1. The van der Waals surface area contributed by atoms with Gasteiger partial charge in [-0.05, 0) is 23.6 Å². The van der Waals surface area contributed by atoms with Gasteiger partial charge in [0.1, 0.15) is 0 Å². The lowest BCUT2D eigenvalue weighted by Gasteiger charge is -2.04. The standard InChI is InChI=1S/C13H11NO2/c15-13(16)12-6-7-14-9-11(12)8-10-4-2-1-3-5-10/h1-7,9H,8H2,(H,15,16). The molecule has 0 bridgehead atoms. The first kappa shape index (κ1) is 10.4. The smallest absolute Gasteiger partial charge is 0.336 e. The van der Waals surface area contributed by atoms with Gasteiger partial charge >= 0.3 is 5.97 Å². The Morgan fingerprint density at radius 3 is 2.62 bits per heavy atom. The maximum Gasteiger partial charge on any atom is 0.336 e. The van der Waals surface area contributed by atoms with Crippen molar-refractivity contribution in [2.24, 2.45) is 0 Å². The van der Waals surface area contributed by atoms with Gasteiger partial charge in [0.25, 0.3) is 0 Å². The van der Waals surface area contributed by atoms with E-state index >= 15 is 0 Å². The highest BCUT2D eigenvalue weighted by atomic mass is 16.4. The molecule has 1 heterocycles.